The average Bonchev–Trinajstić information content (AvgIpc) is 2.84. The van der Waals surface area contributed by atoms with Crippen LogP contribution in [0.2, 0.25) is 0 Å². The van der Waals surface area contributed by atoms with E-state index in [2.05, 4.69) is 15.0 Å². The SMILES string of the molecule is CS(=O)(=O)Cc1noc(CN2CCc3cc(F)ccc3C2)n1. The Morgan fingerprint density at radius 3 is 2.95 bits per heavy atom. The largest absolute Gasteiger partial charge is 0.338 e. The molecule has 3 rings (SSSR count). The first-order valence-electron chi connectivity index (χ1n) is 6.88. The van der Waals surface area contributed by atoms with Crippen molar-refractivity contribution in [1.29, 1.82) is 0 Å². The van der Waals surface area contributed by atoms with Gasteiger partial charge in [0.25, 0.3) is 0 Å². The standard InChI is InChI=1S/C14H16FN3O3S/c1-22(19,20)9-13-16-14(21-17-13)8-18-5-4-10-6-12(15)3-2-11(10)7-18/h2-3,6H,4-5,7-9H2,1H3. The first-order valence-corrected chi connectivity index (χ1v) is 8.94. The first-order chi connectivity index (χ1) is 10.4. The van der Waals surface area contributed by atoms with Gasteiger partial charge in [-0.3, -0.25) is 4.90 Å². The molecular formula is C14H16FN3O3S. The molecule has 8 heteroatoms. The van der Waals surface area contributed by atoms with Gasteiger partial charge >= 0.3 is 0 Å². The number of hydrogen-bond donors (Lipinski definition) is 0. The zero-order valence-electron chi connectivity index (χ0n) is 12.1. The molecule has 0 saturated carbocycles. The Hall–Kier alpha value is -1.80. The number of aromatic nitrogens is 2. The highest BCUT2D eigenvalue weighted by Crippen LogP contribution is 2.21. The molecule has 2 aromatic rings. The molecule has 0 radical (unpaired) electrons. The van der Waals surface area contributed by atoms with E-state index in [4.69, 9.17) is 4.52 Å². The number of sulfone groups is 1. The third-order valence-corrected chi connectivity index (χ3v) is 4.30. The quantitative estimate of drug-likeness (QED) is 0.844. The summed E-state index contributed by atoms with van der Waals surface area (Å²) in [5.41, 5.74) is 2.11. The van der Waals surface area contributed by atoms with Crippen molar-refractivity contribution in [2.75, 3.05) is 12.8 Å². The van der Waals surface area contributed by atoms with Crippen molar-refractivity contribution in [1.82, 2.24) is 15.0 Å². The van der Waals surface area contributed by atoms with E-state index in [1.807, 2.05) is 0 Å². The van der Waals surface area contributed by atoms with Crippen LogP contribution in [0.4, 0.5) is 4.39 Å². The number of fused-ring (bicyclic) bond motifs is 1. The lowest BCUT2D eigenvalue weighted by Gasteiger charge is -2.27. The minimum absolute atomic E-state index is 0.178. The van der Waals surface area contributed by atoms with Crippen LogP contribution in [-0.4, -0.2) is 36.3 Å². The van der Waals surface area contributed by atoms with Gasteiger partial charge in [0.05, 0.1) is 6.54 Å². The summed E-state index contributed by atoms with van der Waals surface area (Å²) in [5.74, 6) is 0.134. The van der Waals surface area contributed by atoms with Crippen LogP contribution in [0.3, 0.4) is 0 Å². The lowest BCUT2D eigenvalue weighted by Crippen LogP contribution is -2.30. The summed E-state index contributed by atoms with van der Waals surface area (Å²) in [6, 6.07) is 4.82. The van der Waals surface area contributed by atoms with E-state index < -0.39 is 9.84 Å². The summed E-state index contributed by atoms with van der Waals surface area (Å²) >= 11 is 0. The van der Waals surface area contributed by atoms with Crippen LogP contribution >= 0.6 is 0 Å². The van der Waals surface area contributed by atoms with Crippen molar-refractivity contribution >= 4 is 9.84 Å². The minimum atomic E-state index is -3.18. The molecule has 1 aromatic carbocycles. The third-order valence-electron chi connectivity index (χ3n) is 3.52. The van der Waals surface area contributed by atoms with E-state index in [1.165, 1.54) is 6.07 Å². The van der Waals surface area contributed by atoms with Gasteiger partial charge in [0.2, 0.25) is 5.89 Å². The van der Waals surface area contributed by atoms with Gasteiger partial charge in [-0.1, -0.05) is 11.2 Å². The van der Waals surface area contributed by atoms with E-state index in [1.54, 1.807) is 12.1 Å². The van der Waals surface area contributed by atoms with Crippen LogP contribution in [0.5, 0.6) is 0 Å². The number of halogens is 1. The van der Waals surface area contributed by atoms with Gasteiger partial charge in [0.15, 0.2) is 15.7 Å². The zero-order chi connectivity index (χ0) is 15.7. The molecule has 0 atom stereocenters. The monoisotopic (exact) mass is 325 g/mol. The molecule has 22 heavy (non-hydrogen) atoms. The molecule has 118 valence electrons. The number of benzene rings is 1. The van der Waals surface area contributed by atoms with Gasteiger partial charge in [-0.15, -0.1) is 0 Å². The molecule has 0 aliphatic carbocycles. The second kappa shape index (κ2) is 5.77. The maximum absolute atomic E-state index is 13.2. The van der Waals surface area contributed by atoms with E-state index in [0.717, 1.165) is 30.3 Å². The van der Waals surface area contributed by atoms with Crippen LogP contribution in [0.25, 0.3) is 0 Å². The summed E-state index contributed by atoms with van der Waals surface area (Å²) < 4.78 is 40.7. The van der Waals surface area contributed by atoms with Crippen molar-refractivity contribution < 1.29 is 17.3 Å². The fraction of sp³-hybridized carbons (Fsp3) is 0.429. The predicted molar refractivity (Wildman–Crippen MR) is 77.1 cm³/mol. The van der Waals surface area contributed by atoms with Crippen LogP contribution in [0.15, 0.2) is 22.7 Å². The Bertz CT molecular complexity index is 788. The highest BCUT2D eigenvalue weighted by atomic mass is 32.2. The van der Waals surface area contributed by atoms with Crippen molar-refractivity contribution in [3.05, 3.63) is 46.9 Å². The summed E-state index contributed by atoms with van der Waals surface area (Å²) in [6.45, 7) is 1.90. The lowest BCUT2D eigenvalue weighted by atomic mass is 10.00. The van der Waals surface area contributed by atoms with E-state index in [-0.39, 0.29) is 17.4 Å². The van der Waals surface area contributed by atoms with Crippen molar-refractivity contribution in [2.24, 2.45) is 0 Å². The minimum Gasteiger partial charge on any atom is -0.338 e. The molecule has 0 bridgehead atoms. The normalized spacial score (nSPS) is 15.7. The molecule has 1 aliphatic rings. The Balaban J connectivity index is 1.66. The number of rotatable bonds is 4. The van der Waals surface area contributed by atoms with E-state index in [0.29, 0.717) is 19.0 Å². The predicted octanol–water partition coefficient (Wildman–Crippen LogP) is 1.31. The van der Waals surface area contributed by atoms with Gasteiger partial charge in [-0.25, -0.2) is 12.8 Å². The van der Waals surface area contributed by atoms with Crippen LogP contribution in [0, 0.1) is 5.82 Å². The number of nitrogens with zero attached hydrogens (tertiary/aromatic N) is 3. The molecule has 0 saturated heterocycles. The third kappa shape index (κ3) is 3.69. The smallest absolute Gasteiger partial charge is 0.240 e. The summed E-state index contributed by atoms with van der Waals surface area (Å²) in [6.07, 6.45) is 1.89. The van der Waals surface area contributed by atoms with Gasteiger partial charge in [-0.2, -0.15) is 4.98 Å². The highest BCUT2D eigenvalue weighted by Gasteiger charge is 2.20. The van der Waals surface area contributed by atoms with Gasteiger partial charge in [0.1, 0.15) is 11.6 Å². The van der Waals surface area contributed by atoms with E-state index in [9.17, 15) is 12.8 Å². The van der Waals surface area contributed by atoms with Crippen molar-refractivity contribution in [2.45, 2.75) is 25.3 Å². The number of hydrogen-bond acceptors (Lipinski definition) is 6. The van der Waals surface area contributed by atoms with Crippen LogP contribution < -0.4 is 0 Å². The van der Waals surface area contributed by atoms with Gasteiger partial charge in [0, 0.05) is 19.3 Å². The fourth-order valence-corrected chi connectivity index (χ4v) is 3.14. The maximum Gasteiger partial charge on any atom is 0.240 e. The lowest BCUT2D eigenvalue weighted by molar-refractivity contribution is 0.210. The average molecular weight is 325 g/mol. The van der Waals surface area contributed by atoms with Gasteiger partial charge in [-0.05, 0) is 29.7 Å². The van der Waals surface area contributed by atoms with Gasteiger partial charge < -0.3 is 4.52 Å². The molecule has 0 spiro atoms. The molecule has 6 nitrogen and oxygen atoms in total. The van der Waals surface area contributed by atoms with E-state index >= 15 is 0 Å². The molecule has 0 fully saturated rings. The molecule has 0 unspecified atom stereocenters. The Kier molecular flexibility index (Phi) is 3.96. The van der Waals surface area contributed by atoms with Crippen molar-refractivity contribution in [3.8, 4) is 0 Å². The molecule has 0 amide bonds. The van der Waals surface area contributed by atoms with Crippen LogP contribution in [0.1, 0.15) is 22.8 Å². The van der Waals surface area contributed by atoms with Crippen LogP contribution in [-0.2, 0) is 35.1 Å². The molecule has 0 N–H and O–H groups in total. The molecule has 2 heterocycles. The highest BCUT2D eigenvalue weighted by molar-refractivity contribution is 7.89. The zero-order valence-corrected chi connectivity index (χ0v) is 12.9. The summed E-state index contributed by atoms with van der Waals surface area (Å²) in [7, 11) is -3.18. The Labute approximate surface area is 127 Å². The Morgan fingerprint density at radius 2 is 2.18 bits per heavy atom. The molecule has 1 aliphatic heterocycles. The maximum atomic E-state index is 13.2. The summed E-state index contributed by atoms with van der Waals surface area (Å²) in [4.78, 5) is 6.21. The van der Waals surface area contributed by atoms with Crippen molar-refractivity contribution in [3.63, 3.8) is 0 Å². The second-order valence-electron chi connectivity index (χ2n) is 5.55. The molecular weight excluding hydrogens is 309 g/mol. The fourth-order valence-electron chi connectivity index (χ4n) is 2.55. The topological polar surface area (TPSA) is 76.3 Å². The first kappa shape index (κ1) is 15.1. The second-order valence-corrected chi connectivity index (χ2v) is 7.69. The summed E-state index contributed by atoms with van der Waals surface area (Å²) in [5, 5.41) is 3.68. The Morgan fingerprint density at radius 1 is 1.36 bits per heavy atom. The molecule has 1 aromatic heterocycles.